The quantitative estimate of drug-likeness (QED) is 0.0321. The molecule has 0 radical (unpaired) electrons. The summed E-state index contributed by atoms with van der Waals surface area (Å²) in [5.41, 5.74) is 0. The monoisotopic (exact) mass is 882 g/mol. The molecule has 6 heteroatoms. The Kier molecular flexibility index (Phi) is 48.6. The van der Waals surface area contributed by atoms with Crippen molar-refractivity contribution >= 4 is 11.9 Å². The van der Waals surface area contributed by atoms with Crippen LogP contribution < -0.4 is 5.32 Å². The van der Waals surface area contributed by atoms with Crippen molar-refractivity contribution in [2.45, 2.75) is 283 Å². The topological polar surface area (TPSA) is 95.9 Å². The fraction of sp³-hybridized carbons (Fsp3) is 0.789. The molecular formula is C57H103NO5. The first kappa shape index (κ1) is 60.6. The van der Waals surface area contributed by atoms with Gasteiger partial charge in [0.2, 0.25) is 5.91 Å². The van der Waals surface area contributed by atoms with Gasteiger partial charge in [0.25, 0.3) is 0 Å². The molecular weight excluding hydrogens is 779 g/mol. The predicted molar refractivity (Wildman–Crippen MR) is 273 cm³/mol. The SMILES string of the molecule is CCCCC/C=C\C/C=C\C/C=C\C/C=C\CC(CC(=O)NC(CO)C(O)CCCCCCCCCCCCCC)OC(=O)CCCCCCCCC/C=C/CCCCCCCC. The number of allylic oxidation sites excluding steroid dienone is 9. The molecule has 0 bridgehead atoms. The molecule has 0 aromatic heterocycles. The van der Waals surface area contributed by atoms with Crippen LogP contribution in [0.5, 0.6) is 0 Å². The van der Waals surface area contributed by atoms with Gasteiger partial charge < -0.3 is 20.3 Å². The second kappa shape index (κ2) is 50.6. The molecule has 0 rings (SSSR count). The van der Waals surface area contributed by atoms with Crippen molar-refractivity contribution in [3.8, 4) is 0 Å². The van der Waals surface area contributed by atoms with Crippen LogP contribution in [-0.4, -0.2) is 46.9 Å². The standard InChI is InChI=1S/C57H103NO5/c1-4-7-10-13-16-19-22-25-27-28-30-32-35-38-41-44-47-50-57(62)63-53(48-45-42-39-36-33-31-29-26-23-20-17-14-11-8-5-2)51-56(61)58-54(52-59)55(60)49-46-43-40-37-34-24-21-18-15-12-9-6-3/h17,20,25-27,29,33,36,42,45,53-55,59-60H,4-16,18-19,21-24,28,30-32,34-35,37-41,43-44,46-52H2,1-3H3,(H,58,61)/b20-17-,27-25+,29-26-,36-33-,45-42-. The van der Waals surface area contributed by atoms with E-state index in [-0.39, 0.29) is 24.9 Å². The highest BCUT2D eigenvalue weighted by molar-refractivity contribution is 5.77. The molecule has 0 spiro atoms. The summed E-state index contributed by atoms with van der Waals surface area (Å²) in [7, 11) is 0. The van der Waals surface area contributed by atoms with Gasteiger partial charge in [-0.05, 0) is 70.6 Å². The number of unbranched alkanes of at least 4 members (excludes halogenated alkanes) is 27. The highest BCUT2D eigenvalue weighted by Gasteiger charge is 2.23. The van der Waals surface area contributed by atoms with E-state index in [9.17, 15) is 19.8 Å². The first-order valence-electron chi connectivity index (χ1n) is 27.0. The maximum Gasteiger partial charge on any atom is 0.306 e. The summed E-state index contributed by atoms with van der Waals surface area (Å²) in [6.45, 7) is 6.43. The normalized spacial score (nSPS) is 13.7. The molecule has 0 aromatic carbocycles. The maximum atomic E-state index is 13.2. The van der Waals surface area contributed by atoms with Gasteiger partial charge in [-0.1, -0.05) is 236 Å². The lowest BCUT2D eigenvalue weighted by molar-refractivity contribution is -0.150. The van der Waals surface area contributed by atoms with Crippen LogP contribution >= 0.6 is 0 Å². The van der Waals surface area contributed by atoms with Crippen molar-refractivity contribution in [1.29, 1.82) is 0 Å². The van der Waals surface area contributed by atoms with Gasteiger partial charge in [-0.3, -0.25) is 9.59 Å². The first-order valence-corrected chi connectivity index (χ1v) is 27.0. The Morgan fingerprint density at radius 2 is 0.841 bits per heavy atom. The zero-order valence-electron chi connectivity index (χ0n) is 41.7. The van der Waals surface area contributed by atoms with Crippen LogP contribution in [-0.2, 0) is 14.3 Å². The zero-order valence-corrected chi connectivity index (χ0v) is 41.7. The second-order valence-electron chi connectivity index (χ2n) is 18.3. The van der Waals surface area contributed by atoms with Crippen LogP contribution in [0.15, 0.2) is 60.8 Å². The largest absolute Gasteiger partial charge is 0.461 e. The molecule has 3 unspecified atom stereocenters. The van der Waals surface area contributed by atoms with Crippen LogP contribution in [0.1, 0.15) is 265 Å². The number of amides is 1. The lowest BCUT2D eigenvalue weighted by Gasteiger charge is -2.24. The molecule has 0 heterocycles. The van der Waals surface area contributed by atoms with E-state index >= 15 is 0 Å². The van der Waals surface area contributed by atoms with Gasteiger partial charge in [-0.25, -0.2) is 0 Å². The average molecular weight is 882 g/mol. The Morgan fingerprint density at radius 1 is 0.476 bits per heavy atom. The minimum atomic E-state index is -0.812. The van der Waals surface area contributed by atoms with Crippen LogP contribution in [0.25, 0.3) is 0 Å². The fourth-order valence-electron chi connectivity index (χ4n) is 7.93. The van der Waals surface area contributed by atoms with Crippen LogP contribution in [0, 0.1) is 0 Å². The smallest absolute Gasteiger partial charge is 0.306 e. The molecule has 0 saturated carbocycles. The third-order valence-corrected chi connectivity index (χ3v) is 12.1. The number of hydrogen-bond acceptors (Lipinski definition) is 5. The minimum Gasteiger partial charge on any atom is -0.461 e. The number of nitrogens with one attached hydrogen (secondary N) is 1. The average Bonchev–Trinajstić information content (AvgIpc) is 3.28. The van der Waals surface area contributed by atoms with Crippen molar-refractivity contribution in [2.24, 2.45) is 0 Å². The number of hydrogen-bond donors (Lipinski definition) is 3. The summed E-state index contributed by atoms with van der Waals surface area (Å²) in [4.78, 5) is 26.1. The number of aliphatic hydroxyl groups is 2. The summed E-state index contributed by atoms with van der Waals surface area (Å²) >= 11 is 0. The van der Waals surface area contributed by atoms with E-state index in [0.717, 1.165) is 57.8 Å². The molecule has 6 nitrogen and oxygen atoms in total. The molecule has 0 saturated heterocycles. The van der Waals surface area contributed by atoms with E-state index in [4.69, 9.17) is 4.74 Å². The number of aliphatic hydroxyl groups excluding tert-OH is 2. The number of ether oxygens (including phenoxy) is 1. The van der Waals surface area contributed by atoms with E-state index < -0.39 is 18.2 Å². The molecule has 0 aliphatic heterocycles. The van der Waals surface area contributed by atoms with E-state index in [2.05, 4.69) is 80.8 Å². The Labute approximate surface area is 390 Å². The fourth-order valence-corrected chi connectivity index (χ4v) is 7.93. The molecule has 0 fully saturated rings. The van der Waals surface area contributed by atoms with Crippen molar-refractivity contribution in [3.05, 3.63) is 60.8 Å². The summed E-state index contributed by atoms with van der Waals surface area (Å²) in [6.07, 6.45) is 63.0. The third-order valence-electron chi connectivity index (χ3n) is 12.1. The van der Waals surface area contributed by atoms with Crippen molar-refractivity contribution in [1.82, 2.24) is 5.32 Å². The first-order chi connectivity index (χ1) is 31.0. The molecule has 0 aliphatic rings. The van der Waals surface area contributed by atoms with Crippen LogP contribution in [0.4, 0.5) is 0 Å². The predicted octanol–water partition coefficient (Wildman–Crippen LogP) is 16.4. The Bertz CT molecular complexity index is 1130. The van der Waals surface area contributed by atoms with Crippen molar-refractivity contribution < 1.29 is 24.5 Å². The number of carbonyl (C=O) groups excluding carboxylic acids is 2. The van der Waals surface area contributed by atoms with Gasteiger partial charge in [-0.15, -0.1) is 0 Å². The maximum absolute atomic E-state index is 13.2. The summed E-state index contributed by atoms with van der Waals surface area (Å²) in [5.74, 6) is -0.577. The minimum absolute atomic E-state index is 0.000175. The Morgan fingerprint density at radius 3 is 1.32 bits per heavy atom. The highest BCUT2D eigenvalue weighted by atomic mass is 16.5. The van der Waals surface area contributed by atoms with Gasteiger partial charge in [0.1, 0.15) is 6.10 Å². The van der Waals surface area contributed by atoms with E-state index in [1.807, 2.05) is 6.08 Å². The third kappa shape index (κ3) is 45.9. The second-order valence-corrected chi connectivity index (χ2v) is 18.3. The molecule has 0 aliphatic carbocycles. The van der Waals surface area contributed by atoms with Gasteiger partial charge in [-0.2, -0.15) is 0 Å². The molecule has 366 valence electrons. The van der Waals surface area contributed by atoms with Crippen molar-refractivity contribution in [3.63, 3.8) is 0 Å². The van der Waals surface area contributed by atoms with E-state index in [1.165, 1.54) is 161 Å². The summed E-state index contributed by atoms with van der Waals surface area (Å²) in [6, 6.07) is -0.732. The Hall–Kier alpha value is -2.44. The van der Waals surface area contributed by atoms with E-state index in [0.29, 0.717) is 19.3 Å². The lowest BCUT2D eigenvalue weighted by atomic mass is 10.0. The molecule has 3 atom stereocenters. The zero-order chi connectivity index (χ0) is 45.9. The number of carbonyl (C=O) groups is 2. The molecule has 0 aromatic rings. The van der Waals surface area contributed by atoms with Crippen molar-refractivity contribution in [2.75, 3.05) is 6.61 Å². The number of rotatable bonds is 48. The Balaban J connectivity index is 4.69. The van der Waals surface area contributed by atoms with Gasteiger partial charge in [0.15, 0.2) is 0 Å². The summed E-state index contributed by atoms with van der Waals surface area (Å²) in [5, 5.41) is 23.7. The number of esters is 1. The van der Waals surface area contributed by atoms with Crippen LogP contribution in [0.3, 0.4) is 0 Å². The van der Waals surface area contributed by atoms with Gasteiger partial charge in [0, 0.05) is 12.8 Å². The lowest BCUT2D eigenvalue weighted by Crippen LogP contribution is -2.46. The highest BCUT2D eigenvalue weighted by Crippen LogP contribution is 2.16. The van der Waals surface area contributed by atoms with E-state index in [1.54, 1.807) is 0 Å². The van der Waals surface area contributed by atoms with Crippen LogP contribution in [0.2, 0.25) is 0 Å². The summed E-state index contributed by atoms with van der Waals surface area (Å²) < 4.78 is 5.88. The van der Waals surface area contributed by atoms with Gasteiger partial charge >= 0.3 is 5.97 Å². The molecule has 3 N–H and O–H groups in total. The molecule has 63 heavy (non-hydrogen) atoms. The molecule has 1 amide bonds. The van der Waals surface area contributed by atoms with Gasteiger partial charge in [0.05, 0.1) is 25.2 Å².